The lowest BCUT2D eigenvalue weighted by molar-refractivity contribution is 0.475. The molecule has 0 amide bonds. The average Bonchev–Trinajstić information content (AvgIpc) is 2.93. The molecule has 0 saturated heterocycles. The van der Waals surface area contributed by atoms with Crippen molar-refractivity contribution in [3.8, 4) is 22.8 Å². The molecule has 24 heavy (non-hydrogen) atoms. The first-order valence-corrected chi connectivity index (χ1v) is 7.89. The highest BCUT2D eigenvalue weighted by Crippen LogP contribution is 2.29. The van der Waals surface area contributed by atoms with Gasteiger partial charge in [-0.05, 0) is 40.2 Å². The van der Waals surface area contributed by atoms with E-state index in [4.69, 9.17) is 0 Å². The molecule has 0 aliphatic carbocycles. The highest BCUT2D eigenvalue weighted by molar-refractivity contribution is 9.10. The number of hydrogen-bond acceptors (Lipinski definition) is 4. The number of benzene rings is 2. The Bertz CT molecular complexity index is 1050. The van der Waals surface area contributed by atoms with Gasteiger partial charge in [0.25, 0.3) is 0 Å². The molecule has 0 spiro atoms. The number of halogens is 2. The van der Waals surface area contributed by atoms with E-state index in [1.807, 2.05) is 30.3 Å². The van der Waals surface area contributed by atoms with Crippen LogP contribution < -0.4 is 0 Å². The molecule has 5 nitrogen and oxygen atoms in total. The highest BCUT2D eigenvalue weighted by atomic mass is 79.9. The van der Waals surface area contributed by atoms with Crippen molar-refractivity contribution in [1.29, 1.82) is 0 Å². The van der Waals surface area contributed by atoms with Crippen molar-refractivity contribution < 1.29 is 9.50 Å². The van der Waals surface area contributed by atoms with E-state index in [1.54, 1.807) is 24.3 Å². The number of phenols is 1. The second-order valence-electron chi connectivity index (χ2n) is 5.13. The van der Waals surface area contributed by atoms with Gasteiger partial charge in [0.2, 0.25) is 5.95 Å². The maximum Gasteiger partial charge on any atom is 0.245 e. The Labute approximate surface area is 144 Å². The monoisotopic (exact) mass is 384 g/mol. The predicted molar refractivity (Wildman–Crippen MR) is 91.4 cm³/mol. The Morgan fingerprint density at radius 3 is 2.54 bits per heavy atom. The lowest BCUT2D eigenvalue weighted by Crippen LogP contribution is -1.99. The largest absolute Gasteiger partial charge is 0.508 e. The molecule has 0 unspecified atom stereocenters. The first-order valence-electron chi connectivity index (χ1n) is 7.10. The third-order valence-electron chi connectivity index (χ3n) is 3.55. The standard InChI is InChI=1S/C17H10BrFN4O/c18-14-13-15(19)22-23(11-6-2-1-3-7-11)17(13)21-16(20-14)10-5-4-8-12(24)9-10/h1-9,24H. The Morgan fingerprint density at radius 1 is 1.00 bits per heavy atom. The molecule has 4 aromatic rings. The first kappa shape index (κ1) is 14.8. The number of hydrogen-bond donors (Lipinski definition) is 1. The molecule has 0 saturated carbocycles. The second-order valence-corrected chi connectivity index (χ2v) is 5.88. The Balaban J connectivity index is 2.00. The van der Waals surface area contributed by atoms with Crippen LogP contribution in [0.3, 0.4) is 0 Å². The van der Waals surface area contributed by atoms with Crippen LogP contribution in [-0.2, 0) is 0 Å². The predicted octanol–water partition coefficient (Wildman–Crippen LogP) is 4.09. The van der Waals surface area contributed by atoms with E-state index in [2.05, 4.69) is 31.0 Å². The minimum Gasteiger partial charge on any atom is -0.508 e. The summed E-state index contributed by atoms with van der Waals surface area (Å²) < 4.78 is 16.0. The molecule has 0 radical (unpaired) electrons. The van der Waals surface area contributed by atoms with Crippen LogP contribution in [0.5, 0.6) is 5.75 Å². The molecule has 2 aromatic heterocycles. The van der Waals surface area contributed by atoms with Gasteiger partial charge >= 0.3 is 0 Å². The van der Waals surface area contributed by atoms with Crippen LogP contribution in [0.25, 0.3) is 28.1 Å². The summed E-state index contributed by atoms with van der Waals surface area (Å²) in [5.74, 6) is -0.180. The lowest BCUT2D eigenvalue weighted by Gasteiger charge is -2.05. The Hall–Kier alpha value is -2.80. The number of aromatic hydroxyl groups is 1. The van der Waals surface area contributed by atoms with Gasteiger partial charge in [0.15, 0.2) is 11.5 Å². The molecule has 0 bridgehead atoms. The summed E-state index contributed by atoms with van der Waals surface area (Å²) in [6.45, 7) is 0. The molecular formula is C17H10BrFN4O. The number of fused-ring (bicyclic) bond motifs is 1. The summed E-state index contributed by atoms with van der Waals surface area (Å²) in [7, 11) is 0. The molecule has 4 rings (SSSR count). The third kappa shape index (κ3) is 2.43. The fraction of sp³-hybridized carbons (Fsp3) is 0. The van der Waals surface area contributed by atoms with Gasteiger partial charge in [0, 0.05) is 5.56 Å². The van der Waals surface area contributed by atoms with Crippen molar-refractivity contribution in [1.82, 2.24) is 19.7 Å². The zero-order valence-corrected chi connectivity index (χ0v) is 13.8. The maximum absolute atomic E-state index is 14.3. The summed E-state index contributed by atoms with van der Waals surface area (Å²) in [5.41, 5.74) is 1.66. The quantitative estimate of drug-likeness (QED) is 0.528. The molecule has 7 heteroatoms. The fourth-order valence-corrected chi connectivity index (χ4v) is 2.97. The number of phenolic OH excluding ortho intramolecular Hbond substituents is 1. The first-order chi connectivity index (χ1) is 11.6. The van der Waals surface area contributed by atoms with E-state index < -0.39 is 5.95 Å². The Morgan fingerprint density at radius 2 is 1.79 bits per heavy atom. The number of nitrogens with zero attached hydrogens (tertiary/aromatic N) is 4. The van der Waals surface area contributed by atoms with Crippen LogP contribution in [0.4, 0.5) is 4.39 Å². The molecule has 2 heterocycles. The van der Waals surface area contributed by atoms with Gasteiger partial charge in [-0.1, -0.05) is 30.3 Å². The summed E-state index contributed by atoms with van der Waals surface area (Å²) in [4.78, 5) is 8.73. The molecule has 0 aliphatic heterocycles. The van der Waals surface area contributed by atoms with E-state index >= 15 is 0 Å². The van der Waals surface area contributed by atoms with Crippen LogP contribution >= 0.6 is 15.9 Å². The van der Waals surface area contributed by atoms with Gasteiger partial charge in [0.1, 0.15) is 15.7 Å². The summed E-state index contributed by atoms with van der Waals surface area (Å²) in [6.07, 6.45) is 0. The number of aromatic nitrogens is 4. The van der Waals surface area contributed by atoms with Crippen LogP contribution in [-0.4, -0.2) is 24.9 Å². The Kier molecular flexibility index (Phi) is 3.50. The van der Waals surface area contributed by atoms with Gasteiger partial charge in [0.05, 0.1) is 5.69 Å². The van der Waals surface area contributed by atoms with Crippen molar-refractivity contribution in [3.05, 3.63) is 65.1 Å². The summed E-state index contributed by atoms with van der Waals surface area (Å²) >= 11 is 3.29. The van der Waals surface area contributed by atoms with Crippen LogP contribution in [0.15, 0.2) is 59.2 Å². The second kappa shape index (κ2) is 5.68. The fourth-order valence-electron chi connectivity index (χ4n) is 2.46. The molecule has 1 N–H and O–H groups in total. The summed E-state index contributed by atoms with van der Waals surface area (Å²) in [6, 6.07) is 15.8. The smallest absolute Gasteiger partial charge is 0.245 e. The summed E-state index contributed by atoms with van der Waals surface area (Å²) in [5, 5.41) is 13.8. The highest BCUT2D eigenvalue weighted by Gasteiger charge is 2.19. The van der Waals surface area contributed by atoms with Crippen molar-refractivity contribution in [2.45, 2.75) is 0 Å². The van der Waals surface area contributed by atoms with Gasteiger partial charge in [-0.15, -0.1) is 5.10 Å². The average molecular weight is 385 g/mol. The molecule has 0 fully saturated rings. The molecule has 0 atom stereocenters. The minimum atomic E-state index is -0.650. The normalized spacial score (nSPS) is 11.1. The van der Waals surface area contributed by atoms with Crippen LogP contribution in [0.2, 0.25) is 0 Å². The molecule has 0 aliphatic rings. The van der Waals surface area contributed by atoms with Crippen LogP contribution in [0, 0.1) is 5.95 Å². The number of para-hydroxylation sites is 1. The zero-order valence-electron chi connectivity index (χ0n) is 12.2. The minimum absolute atomic E-state index is 0.107. The molecule has 2 aromatic carbocycles. The van der Waals surface area contributed by atoms with Gasteiger partial charge < -0.3 is 5.11 Å². The lowest BCUT2D eigenvalue weighted by atomic mass is 10.2. The zero-order chi connectivity index (χ0) is 16.7. The van der Waals surface area contributed by atoms with E-state index in [1.165, 1.54) is 4.68 Å². The van der Waals surface area contributed by atoms with Crippen LogP contribution in [0.1, 0.15) is 0 Å². The van der Waals surface area contributed by atoms with E-state index in [-0.39, 0.29) is 11.1 Å². The topological polar surface area (TPSA) is 63.8 Å². The van der Waals surface area contributed by atoms with Gasteiger partial charge in [-0.3, -0.25) is 0 Å². The van der Waals surface area contributed by atoms with E-state index in [9.17, 15) is 9.50 Å². The molecular weight excluding hydrogens is 375 g/mol. The SMILES string of the molecule is Oc1cccc(-c2nc(Br)c3c(F)nn(-c4ccccc4)c3n2)c1. The number of rotatable bonds is 2. The van der Waals surface area contributed by atoms with Crippen molar-refractivity contribution in [3.63, 3.8) is 0 Å². The third-order valence-corrected chi connectivity index (χ3v) is 4.12. The van der Waals surface area contributed by atoms with Crippen molar-refractivity contribution in [2.75, 3.05) is 0 Å². The van der Waals surface area contributed by atoms with Crippen molar-refractivity contribution >= 4 is 27.0 Å². The van der Waals surface area contributed by atoms with Gasteiger partial charge in [-0.25, -0.2) is 14.6 Å². The maximum atomic E-state index is 14.3. The van der Waals surface area contributed by atoms with E-state index in [0.29, 0.717) is 27.3 Å². The molecule has 118 valence electrons. The van der Waals surface area contributed by atoms with Crippen molar-refractivity contribution in [2.24, 2.45) is 0 Å². The van der Waals surface area contributed by atoms with Gasteiger partial charge in [-0.2, -0.15) is 4.39 Å². The van der Waals surface area contributed by atoms with E-state index in [0.717, 1.165) is 0 Å².